The van der Waals surface area contributed by atoms with Crippen molar-refractivity contribution in [1.29, 1.82) is 0 Å². The molecule has 0 spiro atoms. The first-order chi connectivity index (χ1) is 4.66. The Balaban J connectivity index is 2.31. The summed E-state index contributed by atoms with van der Waals surface area (Å²) in [5.74, 6) is 4.00. The zero-order valence-corrected chi connectivity index (χ0v) is 7.72. The average molecular weight is 140 g/mol. The van der Waals surface area contributed by atoms with Gasteiger partial charge in [-0.25, -0.2) is 0 Å². The van der Waals surface area contributed by atoms with E-state index in [4.69, 9.17) is 0 Å². The lowest BCUT2D eigenvalue weighted by molar-refractivity contribution is 0.0466. The second kappa shape index (κ2) is 2.94. The summed E-state index contributed by atoms with van der Waals surface area (Å²) in [5, 5.41) is 0. The highest BCUT2D eigenvalue weighted by atomic mass is 14.4. The van der Waals surface area contributed by atoms with Crippen molar-refractivity contribution in [3.8, 4) is 0 Å². The van der Waals surface area contributed by atoms with Gasteiger partial charge in [-0.05, 0) is 30.1 Å². The van der Waals surface area contributed by atoms with E-state index in [1.54, 1.807) is 0 Å². The first-order valence-corrected chi connectivity index (χ1v) is 4.66. The van der Waals surface area contributed by atoms with Crippen LogP contribution in [0.5, 0.6) is 0 Å². The summed E-state index contributed by atoms with van der Waals surface area (Å²) in [5.41, 5.74) is 0. The van der Waals surface area contributed by atoms with Crippen LogP contribution in [-0.4, -0.2) is 0 Å². The Morgan fingerprint density at radius 2 is 2.00 bits per heavy atom. The van der Waals surface area contributed by atoms with E-state index in [2.05, 4.69) is 27.7 Å². The van der Waals surface area contributed by atoms with Crippen LogP contribution in [-0.2, 0) is 0 Å². The molecule has 60 valence electrons. The van der Waals surface area contributed by atoms with E-state index in [0.717, 1.165) is 23.7 Å². The number of hydrogen-bond donors (Lipinski definition) is 0. The van der Waals surface area contributed by atoms with Gasteiger partial charge in [0.2, 0.25) is 0 Å². The summed E-state index contributed by atoms with van der Waals surface area (Å²) in [6.45, 7) is 9.44. The summed E-state index contributed by atoms with van der Waals surface area (Å²) < 4.78 is 0. The minimum atomic E-state index is 0.915. The number of rotatable bonds is 2. The van der Waals surface area contributed by atoms with Crippen molar-refractivity contribution in [2.75, 3.05) is 0 Å². The maximum Gasteiger partial charge on any atom is -0.0360 e. The second-order valence-corrected chi connectivity index (χ2v) is 4.17. The van der Waals surface area contributed by atoms with Gasteiger partial charge in [0.25, 0.3) is 0 Å². The fourth-order valence-corrected chi connectivity index (χ4v) is 2.35. The van der Waals surface area contributed by atoms with Crippen molar-refractivity contribution in [2.45, 2.75) is 40.5 Å². The van der Waals surface area contributed by atoms with Crippen LogP contribution < -0.4 is 0 Å². The molecule has 0 heteroatoms. The minimum absolute atomic E-state index is 0.915. The lowest BCUT2D eigenvalue weighted by atomic mass is 9.61. The van der Waals surface area contributed by atoms with E-state index >= 15 is 0 Å². The van der Waals surface area contributed by atoms with Gasteiger partial charge in [-0.1, -0.05) is 34.1 Å². The molecule has 1 aliphatic rings. The first-order valence-electron chi connectivity index (χ1n) is 4.66. The summed E-state index contributed by atoms with van der Waals surface area (Å²) >= 11 is 0. The summed E-state index contributed by atoms with van der Waals surface area (Å²) in [7, 11) is 0. The molecule has 3 unspecified atom stereocenters. The largest absolute Gasteiger partial charge is 0.0651 e. The SMILES string of the molecule is CCC1CC(C(C)C)C1C. The van der Waals surface area contributed by atoms with Gasteiger partial charge in [0.15, 0.2) is 0 Å². The van der Waals surface area contributed by atoms with Crippen LogP contribution in [0.2, 0.25) is 0 Å². The first kappa shape index (κ1) is 8.10. The molecule has 0 aromatic rings. The van der Waals surface area contributed by atoms with E-state index in [0.29, 0.717) is 0 Å². The fourth-order valence-electron chi connectivity index (χ4n) is 2.35. The van der Waals surface area contributed by atoms with Crippen molar-refractivity contribution in [2.24, 2.45) is 23.7 Å². The van der Waals surface area contributed by atoms with E-state index in [1.807, 2.05) is 0 Å². The third kappa shape index (κ3) is 1.21. The molecule has 0 bridgehead atoms. The van der Waals surface area contributed by atoms with Crippen LogP contribution in [0.3, 0.4) is 0 Å². The second-order valence-electron chi connectivity index (χ2n) is 4.17. The molecule has 0 N–H and O–H groups in total. The van der Waals surface area contributed by atoms with Crippen molar-refractivity contribution in [1.82, 2.24) is 0 Å². The van der Waals surface area contributed by atoms with Gasteiger partial charge in [-0.2, -0.15) is 0 Å². The molecule has 0 saturated heterocycles. The molecule has 0 aromatic carbocycles. The third-order valence-electron chi connectivity index (χ3n) is 3.37. The Morgan fingerprint density at radius 3 is 2.30 bits per heavy atom. The van der Waals surface area contributed by atoms with Crippen LogP contribution in [0.25, 0.3) is 0 Å². The minimum Gasteiger partial charge on any atom is -0.0651 e. The smallest absolute Gasteiger partial charge is 0.0360 e. The topological polar surface area (TPSA) is 0 Å². The van der Waals surface area contributed by atoms with Crippen molar-refractivity contribution in [3.63, 3.8) is 0 Å². The van der Waals surface area contributed by atoms with Gasteiger partial charge in [-0.3, -0.25) is 0 Å². The van der Waals surface area contributed by atoms with Gasteiger partial charge in [0.1, 0.15) is 0 Å². The van der Waals surface area contributed by atoms with Crippen molar-refractivity contribution >= 4 is 0 Å². The molecule has 0 heterocycles. The molecule has 10 heavy (non-hydrogen) atoms. The predicted molar refractivity (Wildman–Crippen MR) is 45.9 cm³/mol. The molecular weight excluding hydrogens is 120 g/mol. The van der Waals surface area contributed by atoms with Gasteiger partial charge < -0.3 is 0 Å². The average Bonchev–Trinajstić information content (AvgIpc) is 1.85. The van der Waals surface area contributed by atoms with Crippen molar-refractivity contribution in [3.05, 3.63) is 0 Å². The Bertz CT molecular complexity index is 105. The molecule has 1 aliphatic carbocycles. The van der Waals surface area contributed by atoms with Crippen LogP contribution in [0.4, 0.5) is 0 Å². The van der Waals surface area contributed by atoms with E-state index in [-0.39, 0.29) is 0 Å². The summed E-state index contributed by atoms with van der Waals surface area (Å²) in [6.07, 6.45) is 2.89. The van der Waals surface area contributed by atoms with Crippen LogP contribution in [0, 0.1) is 23.7 Å². The van der Waals surface area contributed by atoms with Gasteiger partial charge in [0.05, 0.1) is 0 Å². The van der Waals surface area contributed by atoms with Crippen molar-refractivity contribution < 1.29 is 0 Å². The van der Waals surface area contributed by atoms with Crippen LogP contribution in [0.15, 0.2) is 0 Å². The maximum absolute atomic E-state index is 2.42. The third-order valence-corrected chi connectivity index (χ3v) is 3.37. The molecule has 3 atom stereocenters. The lowest BCUT2D eigenvalue weighted by Crippen LogP contribution is -2.37. The zero-order chi connectivity index (χ0) is 7.72. The molecule has 1 fully saturated rings. The zero-order valence-electron chi connectivity index (χ0n) is 7.72. The highest BCUT2D eigenvalue weighted by Crippen LogP contribution is 2.45. The molecule has 0 radical (unpaired) electrons. The fraction of sp³-hybridized carbons (Fsp3) is 1.00. The van der Waals surface area contributed by atoms with E-state index in [9.17, 15) is 0 Å². The predicted octanol–water partition coefficient (Wildman–Crippen LogP) is 3.32. The standard InChI is InChI=1S/C10H20/c1-5-9-6-10(7(2)3)8(9)4/h7-10H,5-6H2,1-4H3. The van der Waals surface area contributed by atoms with E-state index < -0.39 is 0 Å². The molecule has 1 rings (SSSR count). The van der Waals surface area contributed by atoms with Gasteiger partial charge >= 0.3 is 0 Å². The molecule has 0 amide bonds. The summed E-state index contributed by atoms with van der Waals surface area (Å²) in [4.78, 5) is 0. The normalized spacial score (nSPS) is 39.9. The van der Waals surface area contributed by atoms with E-state index in [1.165, 1.54) is 12.8 Å². The quantitative estimate of drug-likeness (QED) is 0.552. The Kier molecular flexibility index (Phi) is 2.38. The highest BCUT2D eigenvalue weighted by molar-refractivity contribution is 4.86. The highest BCUT2D eigenvalue weighted by Gasteiger charge is 2.37. The lowest BCUT2D eigenvalue weighted by Gasteiger charge is -2.45. The Morgan fingerprint density at radius 1 is 1.40 bits per heavy atom. The van der Waals surface area contributed by atoms with Crippen LogP contribution >= 0.6 is 0 Å². The molecular formula is C10H20. The van der Waals surface area contributed by atoms with Crippen LogP contribution in [0.1, 0.15) is 40.5 Å². The molecule has 1 saturated carbocycles. The molecule has 0 aromatic heterocycles. The summed E-state index contributed by atoms with van der Waals surface area (Å²) in [6, 6.07) is 0. The Labute approximate surface area is 65.0 Å². The number of hydrogen-bond acceptors (Lipinski definition) is 0. The Hall–Kier alpha value is 0. The maximum atomic E-state index is 2.42. The monoisotopic (exact) mass is 140 g/mol. The molecule has 0 aliphatic heterocycles. The van der Waals surface area contributed by atoms with Gasteiger partial charge in [-0.15, -0.1) is 0 Å². The molecule has 0 nitrogen and oxygen atoms in total. The van der Waals surface area contributed by atoms with Gasteiger partial charge in [0, 0.05) is 0 Å².